The maximum absolute atomic E-state index is 12.3. The number of rotatable bonds is 4. The lowest BCUT2D eigenvalue weighted by Gasteiger charge is -2.29. The second-order valence-electron chi connectivity index (χ2n) is 5.75. The molecule has 2 atom stereocenters. The van der Waals surface area contributed by atoms with Crippen LogP contribution in [0.4, 0.5) is 0 Å². The number of benzene rings is 1. The van der Waals surface area contributed by atoms with Crippen LogP contribution in [-0.2, 0) is 0 Å². The summed E-state index contributed by atoms with van der Waals surface area (Å²) in [7, 11) is 0. The van der Waals surface area contributed by atoms with Crippen LogP contribution >= 0.6 is 11.3 Å². The molecule has 0 saturated carbocycles. The van der Waals surface area contributed by atoms with Gasteiger partial charge in [0.15, 0.2) is 0 Å². The third-order valence-corrected chi connectivity index (χ3v) is 5.04. The molecule has 126 valence electrons. The van der Waals surface area contributed by atoms with Gasteiger partial charge in [0.25, 0.3) is 11.8 Å². The van der Waals surface area contributed by atoms with Gasteiger partial charge in [0.2, 0.25) is 0 Å². The van der Waals surface area contributed by atoms with Gasteiger partial charge in [0.05, 0.1) is 17.0 Å². The first kappa shape index (κ1) is 16.6. The maximum atomic E-state index is 12.3. The zero-order valence-corrected chi connectivity index (χ0v) is 13.8. The summed E-state index contributed by atoms with van der Waals surface area (Å²) in [5.74, 6) is -0.672. The Bertz CT molecular complexity index is 742. The Balaban J connectivity index is 1.73. The van der Waals surface area contributed by atoms with Gasteiger partial charge in [-0.2, -0.15) is 0 Å². The van der Waals surface area contributed by atoms with Crippen LogP contribution in [0.5, 0.6) is 0 Å². The van der Waals surface area contributed by atoms with Crippen molar-refractivity contribution in [3.05, 3.63) is 46.2 Å². The molecule has 1 aromatic heterocycles. The zero-order valence-electron chi connectivity index (χ0n) is 13.0. The Morgan fingerprint density at radius 2 is 2.00 bits per heavy atom. The number of piperidine rings is 1. The Labute approximate surface area is 143 Å². The van der Waals surface area contributed by atoms with Crippen LogP contribution in [0, 0.1) is 0 Å². The lowest BCUT2D eigenvalue weighted by molar-refractivity contribution is 0.0765. The lowest BCUT2D eigenvalue weighted by Crippen LogP contribution is -2.52. The van der Waals surface area contributed by atoms with E-state index in [9.17, 15) is 14.7 Å². The number of nitrogens with one attached hydrogen (secondary N) is 2. The Hall–Kier alpha value is -2.22. The molecule has 0 radical (unpaired) electrons. The fraction of sp³-hybridized carbons (Fsp3) is 0.294. The minimum absolute atomic E-state index is 0.215. The molecule has 1 aliphatic rings. The van der Waals surface area contributed by atoms with E-state index in [0.717, 1.165) is 17.7 Å². The smallest absolute Gasteiger partial charge is 0.259 e. The number of thiophene rings is 1. The minimum atomic E-state index is -0.578. The van der Waals surface area contributed by atoms with Gasteiger partial charge in [-0.25, -0.2) is 0 Å². The van der Waals surface area contributed by atoms with Crippen molar-refractivity contribution in [1.82, 2.24) is 10.6 Å². The van der Waals surface area contributed by atoms with Crippen LogP contribution in [0.3, 0.4) is 0 Å². The summed E-state index contributed by atoms with van der Waals surface area (Å²) in [5, 5.41) is 17.7. The Morgan fingerprint density at radius 1 is 1.25 bits per heavy atom. The molecule has 2 aromatic rings. The van der Waals surface area contributed by atoms with E-state index < -0.39 is 12.0 Å². The van der Waals surface area contributed by atoms with Gasteiger partial charge in [-0.05, 0) is 42.1 Å². The predicted octanol–water partition coefficient (Wildman–Crippen LogP) is 0.967. The molecule has 1 fully saturated rings. The number of aliphatic hydroxyl groups is 1. The van der Waals surface area contributed by atoms with E-state index in [-0.39, 0.29) is 11.9 Å². The van der Waals surface area contributed by atoms with Crippen molar-refractivity contribution in [3.63, 3.8) is 0 Å². The summed E-state index contributed by atoms with van der Waals surface area (Å²) in [4.78, 5) is 24.2. The fourth-order valence-corrected chi connectivity index (χ4v) is 3.56. The third-order valence-electron chi connectivity index (χ3n) is 4.11. The van der Waals surface area contributed by atoms with Crippen LogP contribution in [0.1, 0.15) is 26.5 Å². The average Bonchev–Trinajstić information content (AvgIpc) is 3.07. The summed E-state index contributed by atoms with van der Waals surface area (Å²) in [6.45, 7) is 1.26. The Kier molecular flexibility index (Phi) is 4.94. The Morgan fingerprint density at radius 3 is 2.67 bits per heavy atom. The van der Waals surface area contributed by atoms with E-state index in [0.29, 0.717) is 23.4 Å². The molecule has 1 saturated heterocycles. The van der Waals surface area contributed by atoms with Crippen molar-refractivity contribution in [2.45, 2.75) is 18.6 Å². The van der Waals surface area contributed by atoms with Gasteiger partial charge in [-0.15, -0.1) is 11.3 Å². The highest BCUT2D eigenvalue weighted by atomic mass is 32.1. The van der Waals surface area contributed by atoms with E-state index in [1.165, 1.54) is 11.3 Å². The van der Waals surface area contributed by atoms with Gasteiger partial charge in [-0.1, -0.05) is 12.1 Å². The topological polar surface area (TPSA) is 104 Å². The van der Waals surface area contributed by atoms with E-state index in [1.807, 2.05) is 11.4 Å². The molecule has 1 aromatic carbocycles. The number of hydrogen-bond acceptors (Lipinski definition) is 5. The molecule has 2 heterocycles. The first-order valence-electron chi connectivity index (χ1n) is 7.73. The third kappa shape index (κ3) is 3.48. The van der Waals surface area contributed by atoms with Crippen LogP contribution in [0.2, 0.25) is 0 Å². The number of nitrogens with two attached hydrogens (primary N) is 1. The van der Waals surface area contributed by atoms with Crippen LogP contribution in [0.15, 0.2) is 35.7 Å². The van der Waals surface area contributed by atoms with Gasteiger partial charge < -0.3 is 21.5 Å². The fourth-order valence-electron chi connectivity index (χ4n) is 2.79. The van der Waals surface area contributed by atoms with Gasteiger partial charge in [-0.3, -0.25) is 9.59 Å². The van der Waals surface area contributed by atoms with Crippen molar-refractivity contribution >= 4 is 23.2 Å². The number of aliphatic hydroxyl groups excluding tert-OH is 1. The molecule has 5 N–H and O–H groups in total. The van der Waals surface area contributed by atoms with E-state index in [4.69, 9.17) is 5.73 Å². The summed E-state index contributed by atoms with van der Waals surface area (Å²) in [6, 6.07) is 8.61. The molecular weight excluding hydrogens is 326 g/mol. The summed E-state index contributed by atoms with van der Waals surface area (Å²) < 4.78 is 0. The SMILES string of the molecule is NC(=O)c1sccc1-c1ccc(C(=O)N[C@@H]2CCNC[C@H]2O)cc1. The minimum Gasteiger partial charge on any atom is -0.390 e. The largest absolute Gasteiger partial charge is 0.390 e. The second kappa shape index (κ2) is 7.12. The molecule has 7 heteroatoms. The standard InChI is InChI=1S/C17H19N3O3S/c18-16(22)15-12(6-8-24-15)10-1-3-11(4-2-10)17(23)20-13-5-7-19-9-14(13)21/h1-4,6,8,13-14,19,21H,5,7,9H2,(H2,18,22)(H,20,23)/t13-,14-/m1/s1. The summed E-state index contributed by atoms with van der Waals surface area (Å²) in [6.07, 6.45) is 0.118. The van der Waals surface area contributed by atoms with Gasteiger partial charge in [0, 0.05) is 17.7 Å². The molecule has 6 nitrogen and oxygen atoms in total. The number of amides is 2. The first-order valence-corrected chi connectivity index (χ1v) is 8.61. The number of primary amides is 1. The van der Waals surface area contributed by atoms with Crippen molar-refractivity contribution in [2.75, 3.05) is 13.1 Å². The van der Waals surface area contributed by atoms with Crippen molar-refractivity contribution < 1.29 is 14.7 Å². The molecule has 0 aliphatic carbocycles. The molecule has 0 bridgehead atoms. The molecule has 0 spiro atoms. The zero-order chi connectivity index (χ0) is 17.1. The van der Waals surface area contributed by atoms with Crippen molar-refractivity contribution in [2.24, 2.45) is 5.73 Å². The monoisotopic (exact) mass is 345 g/mol. The molecule has 24 heavy (non-hydrogen) atoms. The van der Waals surface area contributed by atoms with Crippen LogP contribution in [-0.4, -0.2) is 42.2 Å². The lowest BCUT2D eigenvalue weighted by atomic mass is 10.0. The summed E-state index contributed by atoms with van der Waals surface area (Å²) >= 11 is 1.30. The normalized spacial score (nSPS) is 20.5. The van der Waals surface area contributed by atoms with Gasteiger partial charge >= 0.3 is 0 Å². The van der Waals surface area contributed by atoms with E-state index in [2.05, 4.69) is 10.6 Å². The number of hydrogen-bond donors (Lipinski definition) is 4. The number of carbonyl (C=O) groups is 2. The molecule has 1 aliphatic heterocycles. The van der Waals surface area contributed by atoms with Crippen molar-refractivity contribution in [3.8, 4) is 11.1 Å². The molecule has 2 amide bonds. The highest BCUT2D eigenvalue weighted by molar-refractivity contribution is 7.12. The summed E-state index contributed by atoms with van der Waals surface area (Å²) in [5.41, 5.74) is 7.49. The first-order chi connectivity index (χ1) is 11.6. The second-order valence-corrected chi connectivity index (χ2v) is 6.66. The number of β-amino-alcohol motifs (C(OH)–C–C–N with tert-alkyl or cyclic N) is 1. The average molecular weight is 345 g/mol. The number of carbonyl (C=O) groups excluding carboxylic acids is 2. The molecule has 0 unspecified atom stereocenters. The highest BCUT2D eigenvalue weighted by Gasteiger charge is 2.24. The van der Waals surface area contributed by atoms with Crippen LogP contribution < -0.4 is 16.4 Å². The quantitative estimate of drug-likeness (QED) is 0.663. The van der Waals surface area contributed by atoms with Crippen LogP contribution in [0.25, 0.3) is 11.1 Å². The van der Waals surface area contributed by atoms with E-state index in [1.54, 1.807) is 24.3 Å². The predicted molar refractivity (Wildman–Crippen MR) is 93.0 cm³/mol. The van der Waals surface area contributed by atoms with Crippen molar-refractivity contribution in [1.29, 1.82) is 0 Å². The molecular formula is C17H19N3O3S. The van der Waals surface area contributed by atoms with E-state index >= 15 is 0 Å². The molecule has 3 rings (SSSR count). The van der Waals surface area contributed by atoms with Gasteiger partial charge in [0.1, 0.15) is 0 Å². The highest BCUT2D eigenvalue weighted by Crippen LogP contribution is 2.28. The maximum Gasteiger partial charge on any atom is 0.259 e.